The van der Waals surface area contributed by atoms with E-state index in [4.69, 9.17) is 9.47 Å². The van der Waals surface area contributed by atoms with E-state index in [2.05, 4.69) is 20.0 Å². The van der Waals surface area contributed by atoms with Crippen LogP contribution in [0.4, 0.5) is 9.93 Å². The van der Waals surface area contributed by atoms with Crippen LogP contribution in [0, 0.1) is 11.8 Å². The number of anilines is 1. The van der Waals surface area contributed by atoms with Gasteiger partial charge < -0.3 is 19.7 Å². The van der Waals surface area contributed by atoms with Crippen molar-refractivity contribution in [3.05, 3.63) is 42.0 Å². The number of piperidine rings is 1. The molecule has 2 aromatic heterocycles. The largest absolute Gasteiger partial charge is 0.481 e. The van der Waals surface area contributed by atoms with E-state index >= 15 is 0 Å². The average molecular weight is 658 g/mol. The van der Waals surface area contributed by atoms with Crippen molar-refractivity contribution in [1.29, 1.82) is 0 Å². The van der Waals surface area contributed by atoms with Crippen LogP contribution in [-0.2, 0) is 19.6 Å². The van der Waals surface area contributed by atoms with Crippen LogP contribution in [0.25, 0.3) is 10.3 Å². The predicted octanol–water partition coefficient (Wildman–Crippen LogP) is 5.93. The maximum Gasteiger partial charge on any atom is 0.410 e. The van der Waals surface area contributed by atoms with Crippen LogP contribution in [0.1, 0.15) is 77.2 Å². The molecule has 1 aromatic carbocycles. The lowest BCUT2D eigenvalue weighted by Crippen LogP contribution is -2.45. The number of aromatic nitrogens is 2. The summed E-state index contributed by atoms with van der Waals surface area (Å²) in [6.07, 6.45) is 6.39. The van der Waals surface area contributed by atoms with Crippen molar-refractivity contribution >= 4 is 48.8 Å². The Balaban J connectivity index is 1.25. The molecular formula is C32H43N5O6S2. The zero-order valence-corrected chi connectivity index (χ0v) is 28.0. The van der Waals surface area contributed by atoms with E-state index in [1.54, 1.807) is 42.3 Å². The summed E-state index contributed by atoms with van der Waals surface area (Å²) >= 11 is 1.29. The van der Waals surface area contributed by atoms with Gasteiger partial charge in [-0.25, -0.2) is 27.9 Å². The van der Waals surface area contributed by atoms with E-state index in [1.165, 1.54) is 11.3 Å². The topological polar surface area (TPSA) is 140 Å². The molecular weight excluding hydrogens is 615 g/mol. The molecule has 0 radical (unpaired) electrons. The Labute approximate surface area is 269 Å². The maximum absolute atomic E-state index is 13.7. The molecule has 1 aliphatic heterocycles. The molecule has 13 heteroatoms. The second kappa shape index (κ2) is 14.0. The van der Waals surface area contributed by atoms with Crippen LogP contribution >= 0.6 is 11.3 Å². The summed E-state index contributed by atoms with van der Waals surface area (Å²) in [5.41, 5.74) is 0.853. The quantitative estimate of drug-likeness (QED) is 0.274. The molecule has 2 amide bonds. The first kappa shape index (κ1) is 33.1. The number of hydrogen-bond donors (Lipinski definition) is 2. The minimum absolute atomic E-state index is 0.0152. The molecule has 3 aromatic rings. The van der Waals surface area contributed by atoms with Crippen molar-refractivity contribution in [2.75, 3.05) is 32.1 Å². The molecule has 0 spiro atoms. The van der Waals surface area contributed by atoms with Gasteiger partial charge in [0.15, 0.2) is 5.13 Å². The van der Waals surface area contributed by atoms with Gasteiger partial charge in [0.05, 0.1) is 17.9 Å². The Morgan fingerprint density at radius 1 is 1.02 bits per heavy atom. The van der Waals surface area contributed by atoms with Crippen LogP contribution in [0.3, 0.4) is 0 Å². The number of thiazole rings is 1. The Morgan fingerprint density at radius 3 is 2.42 bits per heavy atom. The van der Waals surface area contributed by atoms with Crippen molar-refractivity contribution in [3.8, 4) is 5.88 Å². The number of pyridine rings is 1. The van der Waals surface area contributed by atoms with Crippen LogP contribution in [-0.4, -0.2) is 67.6 Å². The molecule has 3 heterocycles. The van der Waals surface area contributed by atoms with E-state index in [0.717, 1.165) is 44.1 Å². The number of carbonyl (C=O) groups excluding carboxylic acids is 2. The van der Waals surface area contributed by atoms with Gasteiger partial charge in [-0.1, -0.05) is 49.2 Å². The normalized spacial score (nSPS) is 18.6. The van der Waals surface area contributed by atoms with Crippen LogP contribution in [0.2, 0.25) is 0 Å². The van der Waals surface area contributed by atoms with Gasteiger partial charge in [0.1, 0.15) is 15.9 Å². The number of hydrogen-bond acceptors (Lipinski definition) is 9. The molecule has 0 bridgehead atoms. The fourth-order valence-corrected chi connectivity index (χ4v) is 8.00. The summed E-state index contributed by atoms with van der Waals surface area (Å²) < 4.78 is 39.9. The third-order valence-electron chi connectivity index (χ3n) is 8.36. The van der Waals surface area contributed by atoms with Crippen LogP contribution < -0.4 is 14.8 Å². The molecule has 1 aliphatic carbocycles. The second-order valence-corrected chi connectivity index (χ2v) is 15.7. The van der Waals surface area contributed by atoms with Crippen molar-refractivity contribution in [2.24, 2.45) is 11.8 Å². The molecule has 5 rings (SSSR count). The molecule has 2 fully saturated rings. The number of nitrogens with zero attached hydrogens (tertiary/aromatic N) is 3. The molecule has 2 aliphatic rings. The number of benzene rings is 1. The number of rotatable bonds is 10. The Bertz CT molecular complexity index is 1600. The molecule has 1 saturated carbocycles. The van der Waals surface area contributed by atoms with Gasteiger partial charge >= 0.3 is 6.09 Å². The zero-order valence-electron chi connectivity index (χ0n) is 26.4. The second-order valence-electron chi connectivity index (χ2n) is 13.0. The third kappa shape index (κ3) is 8.71. The number of amides is 2. The van der Waals surface area contributed by atoms with Gasteiger partial charge in [-0.05, 0) is 75.6 Å². The van der Waals surface area contributed by atoms with E-state index in [1.807, 2.05) is 26.8 Å². The van der Waals surface area contributed by atoms with Crippen molar-refractivity contribution in [3.63, 3.8) is 0 Å². The number of sulfonamides is 1. The minimum atomic E-state index is -3.79. The zero-order chi connectivity index (χ0) is 32.2. The highest BCUT2D eigenvalue weighted by Gasteiger charge is 2.30. The van der Waals surface area contributed by atoms with Crippen molar-refractivity contribution in [1.82, 2.24) is 19.6 Å². The Kier molecular flexibility index (Phi) is 10.3. The van der Waals surface area contributed by atoms with Gasteiger partial charge in [0.25, 0.3) is 0 Å². The molecule has 244 valence electrons. The SMILES string of the molecule is COc1ccc2nc(NC(=O)C(CC3CCCC3)c3ccc(S(=O)(=O)NCC4CCCN(C(=O)OC(C)(C)C)C4)cc3)sc2n1. The monoisotopic (exact) mass is 657 g/mol. The number of nitrogens with one attached hydrogen (secondary N) is 2. The van der Waals surface area contributed by atoms with Crippen LogP contribution in [0.15, 0.2) is 41.3 Å². The first-order valence-corrected chi connectivity index (χ1v) is 17.9. The standard InChI is InChI=1S/C32H43N5O6S2/c1-32(2,3)43-31(39)37-17-7-10-22(20-37)19-33-45(40,41)24-13-11-23(12-14-24)25(18-21-8-5-6-9-21)28(38)36-30-34-26-15-16-27(42-4)35-29(26)44-30/h11-16,21-22,25,33H,5-10,17-20H2,1-4H3,(H,34,36,38). The third-order valence-corrected chi connectivity index (χ3v) is 10.7. The van der Waals surface area contributed by atoms with E-state index < -0.39 is 21.5 Å². The fourth-order valence-electron chi connectivity index (χ4n) is 6.05. The molecule has 45 heavy (non-hydrogen) atoms. The lowest BCUT2D eigenvalue weighted by atomic mass is 9.87. The Hall–Kier alpha value is -3.29. The lowest BCUT2D eigenvalue weighted by molar-refractivity contribution is -0.118. The minimum Gasteiger partial charge on any atom is -0.481 e. The van der Waals surface area contributed by atoms with Crippen molar-refractivity contribution in [2.45, 2.75) is 82.1 Å². The summed E-state index contributed by atoms with van der Waals surface area (Å²) in [5, 5.41) is 3.45. The highest BCUT2D eigenvalue weighted by Crippen LogP contribution is 2.36. The molecule has 2 atom stereocenters. The molecule has 2 N–H and O–H groups in total. The number of likely N-dealkylation sites (tertiary alicyclic amines) is 1. The van der Waals surface area contributed by atoms with E-state index in [9.17, 15) is 18.0 Å². The number of carbonyl (C=O) groups is 2. The molecule has 11 nitrogen and oxygen atoms in total. The molecule has 2 unspecified atom stereocenters. The summed E-state index contributed by atoms with van der Waals surface area (Å²) in [4.78, 5) is 37.6. The van der Waals surface area contributed by atoms with Crippen molar-refractivity contribution < 1.29 is 27.5 Å². The first-order valence-electron chi connectivity index (χ1n) is 15.6. The van der Waals surface area contributed by atoms with Gasteiger partial charge in [0.2, 0.25) is 21.8 Å². The highest BCUT2D eigenvalue weighted by molar-refractivity contribution is 7.89. The van der Waals surface area contributed by atoms with Gasteiger partial charge in [-0.15, -0.1) is 0 Å². The summed E-state index contributed by atoms with van der Waals surface area (Å²) in [6, 6.07) is 10.1. The predicted molar refractivity (Wildman–Crippen MR) is 174 cm³/mol. The van der Waals surface area contributed by atoms with Gasteiger partial charge in [-0.3, -0.25) is 4.79 Å². The Morgan fingerprint density at radius 2 is 1.73 bits per heavy atom. The van der Waals surface area contributed by atoms with E-state index in [0.29, 0.717) is 46.8 Å². The fraction of sp³-hybridized carbons (Fsp3) is 0.562. The summed E-state index contributed by atoms with van der Waals surface area (Å²) in [7, 11) is -2.24. The number of methoxy groups -OCH3 is 1. The number of ether oxygens (including phenoxy) is 2. The van der Waals surface area contributed by atoms with Crippen LogP contribution in [0.5, 0.6) is 5.88 Å². The lowest BCUT2D eigenvalue weighted by Gasteiger charge is -2.34. The summed E-state index contributed by atoms with van der Waals surface area (Å²) in [6.45, 7) is 6.74. The molecule has 1 saturated heterocycles. The van der Waals surface area contributed by atoms with Gasteiger partial charge in [-0.2, -0.15) is 0 Å². The average Bonchev–Trinajstić information content (AvgIpc) is 3.67. The summed E-state index contributed by atoms with van der Waals surface area (Å²) in [5.74, 6) is 0.275. The highest BCUT2D eigenvalue weighted by atomic mass is 32.2. The number of fused-ring (bicyclic) bond motifs is 1. The maximum atomic E-state index is 13.7. The van der Waals surface area contributed by atoms with E-state index in [-0.39, 0.29) is 29.4 Å². The first-order chi connectivity index (χ1) is 21.4. The smallest absolute Gasteiger partial charge is 0.410 e. The van der Waals surface area contributed by atoms with Gasteiger partial charge in [0, 0.05) is 25.7 Å².